The Morgan fingerprint density at radius 1 is 1.04 bits per heavy atom. The molecule has 0 atom stereocenters. The standard InChI is InChI=1S/C18H15N5O/c1-22-16-5-3-2-4-15(16)21-17(18(22)24)20-13-6-8-14(9-7-13)23-11-10-19-12-23/h2-12H,1H3,(H,20,21). The SMILES string of the molecule is Cn1c(=O)c(Nc2ccc(-n3ccnc3)cc2)nc2ccccc21. The highest BCUT2D eigenvalue weighted by atomic mass is 16.1. The van der Waals surface area contributed by atoms with E-state index in [2.05, 4.69) is 15.3 Å². The number of rotatable bonds is 3. The van der Waals surface area contributed by atoms with E-state index in [0.717, 1.165) is 22.4 Å². The molecular formula is C18H15N5O. The predicted octanol–water partition coefficient (Wildman–Crippen LogP) is 2.86. The molecule has 0 amide bonds. The first-order chi connectivity index (χ1) is 11.7. The lowest BCUT2D eigenvalue weighted by Gasteiger charge is -2.10. The molecule has 0 unspecified atom stereocenters. The van der Waals surface area contributed by atoms with Gasteiger partial charge in [0.2, 0.25) is 0 Å². The number of nitrogens with zero attached hydrogens (tertiary/aromatic N) is 4. The molecular weight excluding hydrogens is 302 g/mol. The number of hydrogen-bond donors (Lipinski definition) is 1. The van der Waals surface area contributed by atoms with Gasteiger partial charge in [-0.1, -0.05) is 12.1 Å². The van der Waals surface area contributed by atoms with Crippen molar-refractivity contribution in [3.8, 4) is 5.69 Å². The molecule has 0 radical (unpaired) electrons. The van der Waals surface area contributed by atoms with Crippen LogP contribution >= 0.6 is 0 Å². The summed E-state index contributed by atoms with van der Waals surface area (Å²) in [6.45, 7) is 0. The molecule has 1 N–H and O–H groups in total. The van der Waals surface area contributed by atoms with Crippen molar-refractivity contribution >= 4 is 22.5 Å². The van der Waals surface area contributed by atoms with Crippen LogP contribution in [0.1, 0.15) is 0 Å². The highest BCUT2D eigenvalue weighted by molar-refractivity contribution is 5.76. The maximum Gasteiger partial charge on any atom is 0.293 e. The monoisotopic (exact) mass is 317 g/mol. The van der Waals surface area contributed by atoms with Crippen molar-refractivity contribution in [3.63, 3.8) is 0 Å². The summed E-state index contributed by atoms with van der Waals surface area (Å²) in [6.07, 6.45) is 5.35. The van der Waals surface area contributed by atoms with Crippen molar-refractivity contribution in [2.24, 2.45) is 7.05 Å². The maximum absolute atomic E-state index is 12.5. The van der Waals surface area contributed by atoms with E-state index in [0.29, 0.717) is 5.82 Å². The number of nitrogens with one attached hydrogen (secondary N) is 1. The fourth-order valence-electron chi connectivity index (χ4n) is 2.63. The van der Waals surface area contributed by atoms with E-state index in [-0.39, 0.29) is 5.56 Å². The lowest BCUT2D eigenvalue weighted by atomic mass is 10.2. The van der Waals surface area contributed by atoms with Crippen LogP contribution in [0, 0.1) is 0 Å². The molecule has 0 fully saturated rings. The van der Waals surface area contributed by atoms with Crippen LogP contribution in [0.3, 0.4) is 0 Å². The average Bonchev–Trinajstić information content (AvgIpc) is 3.15. The number of anilines is 2. The molecule has 0 aliphatic rings. The topological polar surface area (TPSA) is 64.7 Å². The molecule has 4 rings (SSSR count). The van der Waals surface area contributed by atoms with Crippen LogP contribution in [0.5, 0.6) is 0 Å². The molecule has 6 nitrogen and oxygen atoms in total. The third-order valence-electron chi connectivity index (χ3n) is 3.92. The van der Waals surface area contributed by atoms with Gasteiger partial charge in [-0.15, -0.1) is 0 Å². The molecule has 0 saturated heterocycles. The van der Waals surface area contributed by atoms with E-state index in [4.69, 9.17) is 0 Å². The molecule has 4 aromatic rings. The maximum atomic E-state index is 12.5. The van der Waals surface area contributed by atoms with Gasteiger partial charge in [0.05, 0.1) is 17.4 Å². The van der Waals surface area contributed by atoms with E-state index in [1.165, 1.54) is 0 Å². The summed E-state index contributed by atoms with van der Waals surface area (Å²) in [6, 6.07) is 15.3. The van der Waals surface area contributed by atoms with Crippen LogP contribution in [-0.4, -0.2) is 19.1 Å². The van der Waals surface area contributed by atoms with Crippen molar-refractivity contribution < 1.29 is 0 Å². The number of imidazole rings is 1. The Kier molecular flexibility index (Phi) is 3.35. The number of aromatic nitrogens is 4. The number of benzene rings is 2. The number of para-hydroxylation sites is 2. The summed E-state index contributed by atoms with van der Waals surface area (Å²) in [5.74, 6) is 0.312. The molecule has 0 aliphatic heterocycles. The fourth-order valence-corrected chi connectivity index (χ4v) is 2.63. The molecule has 24 heavy (non-hydrogen) atoms. The van der Waals surface area contributed by atoms with Crippen LogP contribution < -0.4 is 10.9 Å². The largest absolute Gasteiger partial charge is 0.336 e. The van der Waals surface area contributed by atoms with Crippen LogP contribution in [-0.2, 0) is 7.05 Å². The van der Waals surface area contributed by atoms with Crippen molar-refractivity contribution in [1.82, 2.24) is 19.1 Å². The minimum atomic E-state index is -0.160. The molecule has 6 heteroatoms. The van der Waals surface area contributed by atoms with Crippen molar-refractivity contribution in [2.45, 2.75) is 0 Å². The molecule has 0 aliphatic carbocycles. The van der Waals surface area contributed by atoms with Crippen molar-refractivity contribution in [1.29, 1.82) is 0 Å². The van der Waals surface area contributed by atoms with Gasteiger partial charge in [-0.3, -0.25) is 4.79 Å². The summed E-state index contributed by atoms with van der Waals surface area (Å²) in [5, 5.41) is 3.11. The van der Waals surface area contributed by atoms with Gasteiger partial charge >= 0.3 is 0 Å². The van der Waals surface area contributed by atoms with Crippen molar-refractivity contribution in [2.75, 3.05) is 5.32 Å². The van der Waals surface area contributed by atoms with Gasteiger partial charge in [-0.05, 0) is 36.4 Å². The van der Waals surface area contributed by atoms with Gasteiger partial charge in [-0.2, -0.15) is 0 Å². The highest BCUT2D eigenvalue weighted by Crippen LogP contribution is 2.17. The Morgan fingerprint density at radius 3 is 2.58 bits per heavy atom. The van der Waals surface area contributed by atoms with Crippen LogP contribution in [0.15, 0.2) is 72.0 Å². The molecule has 2 heterocycles. The first kappa shape index (κ1) is 14.2. The van der Waals surface area contributed by atoms with Gasteiger partial charge in [0.15, 0.2) is 5.82 Å². The average molecular weight is 317 g/mol. The van der Waals surface area contributed by atoms with Gasteiger partial charge in [0, 0.05) is 30.8 Å². The van der Waals surface area contributed by atoms with E-state index in [9.17, 15) is 4.79 Å². The third-order valence-corrected chi connectivity index (χ3v) is 3.92. The van der Waals surface area contributed by atoms with Crippen LogP contribution in [0.2, 0.25) is 0 Å². The summed E-state index contributed by atoms with van der Waals surface area (Å²) in [4.78, 5) is 20.9. The minimum Gasteiger partial charge on any atom is -0.336 e. The Hall–Kier alpha value is -3.41. The van der Waals surface area contributed by atoms with E-state index in [1.807, 2.05) is 59.3 Å². The highest BCUT2D eigenvalue weighted by Gasteiger charge is 2.08. The number of hydrogen-bond acceptors (Lipinski definition) is 4. The zero-order chi connectivity index (χ0) is 16.5. The second-order valence-corrected chi connectivity index (χ2v) is 5.46. The summed E-state index contributed by atoms with van der Waals surface area (Å²) >= 11 is 0. The molecule has 0 bridgehead atoms. The predicted molar refractivity (Wildman–Crippen MR) is 93.8 cm³/mol. The second-order valence-electron chi connectivity index (χ2n) is 5.46. The fraction of sp³-hybridized carbons (Fsp3) is 0.0556. The van der Waals surface area contributed by atoms with Crippen LogP contribution in [0.4, 0.5) is 11.5 Å². The number of aryl methyl sites for hydroxylation is 1. The third kappa shape index (κ3) is 2.44. The Labute approximate surface area is 138 Å². The molecule has 0 spiro atoms. The van der Waals surface area contributed by atoms with Gasteiger partial charge in [-0.25, -0.2) is 9.97 Å². The zero-order valence-electron chi connectivity index (χ0n) is 13.0. The van der Waals surface area contributed by atoms with Gasteiger partial charge in [0.1, 0.15) is 0 Å². The lowest BCUT2D eigenvalue weighted by molar-refractivity contribution is 0.895. The minimum absolute atomic E-state index is 0.160. The van der Waals surface area contributed by atoms with E-state index in [1.54, 1.807) is 24.1 Å². The van der Waals surface area contributed by atoms with Crippen molar-refractivity contribution in [3.05, 3.63) is 77.6 Å². The first-order valence-electron chi connectivity index (χ1n) is 7.53. The summed E-state index contributed by atoms with van der Waals surface area (Å²) in [7, 11) is 1.75. The smallest absolute Gasteiger partial charge is 0.293 e. The Bertz CT molecular complexity index is 1050. The van der Waals surface area contributed by atoms with E-state index < -0.39 is 0 Å². The van der Waals surface area contributed by atoms with Crippen LogP contribution in [0.25, 0.3) is 16.7 Å². The molecule has 118 valence electrons. The van der Waals surface area contributed by atoms with Gasteiger partial charge < -0.3 is 14.5 Å². The molecule has 2 aromatic heterocycles. The quantitative estimate of drug-likeness (QED) is 0.631. The Morgan fingerprint density at radius 2 is 1.83 bits per heavy atom. The number of fused-ring (bicyclic) bond motifs is 1. The zero-order valence-corrected chi connectivity index (χ0v) is 13.0. The summed E-state index contributed by atoms with van der Waals surface area (Å²) < 4.78 is 3.52. The van der Waals surface area contributed by atoms with Gasteiger partial charge in [0.25, 0.3) is 5.56 Å². The second kappa shape index (κ2) is 5.66. The molecule has 2 aromatic carbocycles. The summed E-state index contributed by atoms with van der Waals surface area (Å²) in [5.41, 5.74) is 3.23. The van der Waals surface area contributed by atoms with E-state index >= 15 is 0 Å². The molecule has 0 saturated carbocycles. The first-order valence-corrected chi connectivity index (χ1v) is 7.53. The normalized spacial score (nSPS) is 10.9. The lowest BCUT2D eigenvalue weighted by Crippen LogP contribution is -2.21. The Balaban J connectivity index is 1.69.